The number of carbonyl (C=O) groups excluding carboxylic acids is 2. The minimum Gasteiger partial charge on any atom is -0.340 e. The van der Waals surface area contributed by atoms with Crippen molar-refractivity contribution in [2.24, 2.45) is 5.41 Å². The maximum absolute atomic E-state index is 13.2. The van der Waals surface area contributed by atoms with Gasteiger partial charge >= 0.3 is 12.4 Å². The van der Waals surface area contributed by atoms with Crippen LogP contribution in [-0.4, -0.2) is 58.4 Å². The molecule has 1 atom stereocenters. The van der Waals surface area contributed by atoms with Crippen LogP contribution in [0.5, 0.6) is 0 Å². The molecule has 1 unspecified atom stereocenters. The molecule has 2 N–H and O–H groups in total. The highest BCUT2D eigenvalue weighted by Crippen LogP contribution is 2.55. The highest BCUT2D eigenvalue weighted by atomic mass is 19.4. The third-order valence-electron chi connectivity index (χ3n) is 5.07. The smallest absolute Gasteiger partial charge is 0.340 e. The summed E-state index contributed by atoms with van der Waals surface area (Å²) in [5.41, 5.74) is -3.46. The fourth-order valence-corrected chi connectivity index (χ4v) is 3.36. The number of hydrogen-bond acceptors (Lipinski definition) is 3. The van der Waals surface area contributed by atoms with Gasteiger partial charge in [-0.05, 0) is 19.4 Å². The van der Waals surface area contributed by atoms with E-state index in [4.69, 9.17) is 0 Å². The fourth-order valence-electron chi connectivity index (χ4n) is 3.36. The minimum atomic E-state index is -5.55. The van der Waals surface area contributed by atoms with Crippen molar-refractivity contribution in [3.8, 4) is 0 Å². The molecule has 158 valence electrons. The molecule has 3 rings (SSSR count). The van der Waals surface area contributed by atoms with Crippen LogP contribution >= 0.6 is 0 Å². The summed E-state index contributed by atoms with van der Waals surface area (Å²) in [4.78, 5) is 25.3. The molecule has 0 saturated carbocycles. The number of likely N-dealkylation sites (tertiary alicyclic amines) is 1. The van der Waals surface area contributed by atoms with Gasteiger partial charge in [-0.2, -0.15) is 31.4 Å². The van der Waals surface area contributed by atoms with E-state index in [-0.39, 0.29) is 5.69 Å². The number of para-hydroxylation sites is 1. The molecule has 12 heteroatoms. The second-order valence-corrected chi connectivity index (χ2v) is 6.90. The molecule has 1 aliphatic heterocycles. The number of aromatic nitrogens is 2. The summed E-state index contributed by atoms with van der Waals surface area (Å²) in [7, 11) is 0. The Morgan fingerprint density at radius 3 is 2.38 bits per heavy atom. The van der Waals surface area contributed by atoms with Crippen molar-refractivity contribution >= 4 is 22.7 Å². The van der Waals surface area contributed by atoms with Gasteiger partial charge in [-0.1, -0.05) is 18.2 Å². The molecular formula is C17H16F6N4O2. The van der Waals surface area contributed by atoms with Gasteiger partial charge in [-0.3, -0.25) is 14.7 Å². The summed E-state index contributed by atoms with van der Waals surface area (Å²) in [5.74, 6) is -1.81. The van der Waals surface area contributed by atoms with Crippen molar-refractivity contribution in [2.75, 3.05) is 13.1 Å². The molecule has 2 aromatic rings. The van der Waals surface area contributed by atoms with E-state index in [0.717, 1.165) is 0 Å². The Morgan fingerprint density at radius 1 is 1.17 bits per heavy atom. The number of carbonyl (C=O) groups is 2. The van der Waals surface area contributed by atoms with Gasteiger partial charge in [0.2, 0.25) is 5.91 Å². The van der Waals surface area contributed by atoms with E-state index in [2.05, 4.69) is 15.5 Å². The molecule has 1 fully saturated rings. The molecule has 0 radical (unpaired) electrons. The quantitative estimate of drug-likeness (QED) is 0.747. The zero-order valence-electron chi connectivity index (χ0n) is 15.0. The van der Waals surface area contributed by atoms with Crippen molar-refractivity contribution in [3.63, 3.8) is 0 Å². The second kappa shape index (κ2) is 6.92. The molecule has 0 bridgehead atoms. The molecule has 0 aliphatic carbocycles. The Hall–Kier alpha value is -2.79. The van der Waals surface area contributed by atoms with Crippen LogP contribution in [0.25, 0.3) is 10.9 Å². The van der Waals surface area contributed by atoms with Gasteiger partial charge in [0.1, 0.15) is 6.04 Å². The lowest BCUT2D eigenvalue weighted by Gasteiger charge is -2.33. The number of amides is 2. The number of rotatable bonds is 3. The summed E-state index contributed by atoms with van der Waals surface area (Å²) in [6.07, 6.45) is -12.4. The van der Waals surface area contributed by atoms with Crippen molar-refractivity contribution < 1.29 is 35.9 Å². The minimum absolute atomic E-state index is 0.0402. The van der Waals surface area contributed by atoms with E-state index in [1.165, 1.54) is 6.92 Å². The number of nitrogens with zero attached hydrogens (tertiary/aromatic N) is 2. The van der Waals surface area contributed by atoms with Crippen LogP contribution in [0, 0.1) is 5.41 Å². The lowest BCUT2D eigenvalue weighted by molar-refractivity contribution is -0.334. The lowest BCUT2D eigenvalue weighted by Crippen LogP contribution is -2.53. The molecular weight excluding hydrogens is 406 g/mol. The number of H-pyrrole nitrogens is 1. The first-order valence-electron chi connectivity index (χ1n) is 8.53. The van der Waals surface area contributed by atoms with Gasteiger partial charge in [0.05, 0.1) is 5.52 Å². The predicted molar refractivity (Wildman–Crippen MR) is 88.8 cm³/mol. The molecule has 1 saturated heterocycles. The third-order valence-corrected chi connectivity index (χ3v) is 5.07. The van der Waals surface area contributed by atoms with Crippen molar-refractivity contribution in [1.29, 1.82) is 0 Å². The van der Waals surface area contributed by atoms with Gasteiger partial charge < -0.3 is 10.2 Å². The Labute approximate surface area is 160 Å². The Kier molecular flexibility index (Phi) is 4.99. The SMILES string of the molecule is CC(NC(=O)c1n[nH]c2ccccc12)C(=O)N1CCC(C(F)(F)F)(C(F)(F)F)C1. The molecule has 6 nitrogen and oxygen atoms in total. The first-order valence-corrected chi connectivity index (χ1v) is 8.53. The van der Waals surface area contributed by atoms with Crippen LogP contribution in [0.3, 0.4) is 0 Å². The van der Waals surface area contributed by atoms with Crippen LogP contribution in [-0.2, 0) is 4.79 Å². The van der Waals surface area contributed by atoms with Crippen LogP contribution in [0.2, 0.25) is 0 Å². The van der Waals surface area contributed by atoms with Crippen LogP contribution < -0.4 is 5.32 Å². The normalized spacial score (nSPS) is 18.1. The van der Waals surface area contributed by atoms with Gasteiger partial charge in [0.15, 0.2) is 11.1 Å². The fraction of sp³-hybridized carbons (Fsp3) is 0.471. The number of aromatic amines is 1. The summed E-state index contributed by atoms with van der Waals surface area (Å²) in [6.45, 7) is -1.07. The Morgan fingerprint density at radius 2 is 1.79 bits per heavy atom. The Balaban J connectivity index is 1.73. The number of fused-ring (bicyclic) bond motifs is 1. The number of halogens is 6. The van der Waals surface area contributed by atoms with Gasteiger partial charge in [-0.25, -0.2) is 0 Å². The first-order chi connectivity index (χ1) is 13.4. The average Bonchev–Trinajstić information content (AvgIpc) is 3.25. The number of alkyl halides is 6. The van der Waals surface area contributed by atoms with Gasteiger partial charge in [-0.15, -0.1) is 0 Å². The third kappa shape index (κ3) is 3.51. The predicted octanol–water partition coefficient (Wildman–Crippen LogP) is 3.02. The first kappa shape index (κ1) is 20.9. The zero-order valence-corrected chi connectivity index (χ0v) is 15.0. The molecule has 1 aromatic carbocycles. The standard InChI is InChI=1S/C17H16F6N4O2/c1-9(24-13(28)12-10-4-2-3-5-11(10)25-26-12)14(29)27-7-6-15(8-27,16(18,19)20)17(21,22)23/h2-5,9H,6-8H2,1H3,(H,24,28)(H,25,26). The second-order valence-electron chi connectivity index (χ2n) is 6.90. The van der Waals surface area contributed by atoms with Crippen molar-refractivity contribution in [3.05, 3.63) is 30.0 Å². The van der Waals surface area contributed by atoms with Crippen LogP contribution in [0.4, 0.5) is 26.3 Å². The maximum atomic E-state index is 13.2. The summed E-state index contributed by atoms with van der Waals surface area (Å²) in [6, 6.07) is 5.28. The van der Waals surface area contributed by atoms with Gasteiger partial charge in [0, 0.05) is 18.5 Å². The molecule has 0 spiro atoms. The molecule has 2 heterocycles. The topological polar surface area (TPSA) is 78.1 Å². The zero-order chi connectivity index (χ0) is 21.6. The van der Waals surface area contributed by atoms with Crippen LogP contribution in [0.15, 0.2) is 24.3 Å². The monoisotopic (exact) mass is 422 g/mol. The Bertz CT molecular complexity index is 922. The molecule has 1 aliphatic rings. The van der Waals surface area contributed by atoms with E-state index >= 15 is 0 Å². The summed E-state index contributed by atoms with van der Waals surface area (Å²) >= 11 is 0. The molecule has 2 amide bonds. The number of benzene rings is 1. The van der Waals surface area contributed by atoms with E-state index in [9.17, 15) is 35.9 Å². The van der Waals surface area contributed by atoms with Crippen molar-refractivity contribution in [1.82, 2.24) is 20.4 Å². The van der Waals surface area contributed by atoms with E-state index in [0.29, 0.717) is 15.8 Å². The van der Waals surface area contributed by atoms with Crippen molar-refractivity contribution in [2.45, 2.75) is 31.7 Å². The lowest BCUT2D eigenvalue weighted by atomic mass is 9.85. The highest BCUT2D eigenvalue weighted by molar-refractivity contribution is 6.05. The van der Waals surface area contributed by atoms with Crippen LogP contribution in [0.1, 0.15) is 23.8 Å². The number of hydrogen-bond donors (Lipinski definition) is 2. The summed E-state index contributed by atoms with van der Waals surface area (Å²) < 4.78 is 78.9. The molecule has 1 aromatic heterocycles. The molecule has 29 heavy (non-hydrogen) atoms. The van der Waals surface area contributed by atoms with E-state index in [1.54, 1.807) is 24.3 Å². The van der Waals surface area contributed by atoms with E-state index < -0.39 is 55.1 Å². The summed E-state index contributed by atoms with van der Waals surface area (Å²) in [5, 5.41) is 9.19. The van der Waals surface area contributed by atoms with Gasteiger partial charge in [0.25, 0.3) is 5.91 Å². The average molecular weight is 422 g/mol. The van der Waals surface area contributed by atoms with E-state index in [1.807, 2.05) is 0 Å². The number of nitrogens with one attached hydrogen (secondary N) is 2. The largest absolute Gasteiger partial charge is 0.404 e. The highest BCUT2D eigenvalue weighted by Gasteiger charge is 2.73. The maximum Gasteiger partial charge on any atom is 0.404 e.